The number of phenolic OH excluding ortho intramolecular Hbond substituents is 1. The first-order chi connectivity index (χ1) is 8.56. The summed E-state index contributed by atoms with van der Waals surface area (Å²) in [6.07, 6.45) is 3.39. The van der Waals surface area contributed by atoms with Crippen molar-refractivity contribution in [2.75, 3.05) is 0 Å². The van der Waals surface area contributed by atoms with E-state index in [9.17, 15) is 9.90 Å². The van der Waals surface area contributed by atoms with Gasteiger partial charge in [-0.2, -0.15) is 0 Å². The van der Waals surface area contributed by atoms with E-state index in [1.165, 1.54) is 6.07 Å². The summed E-state index contributed by atoms with van der Waals surface area (Å²) in [4.78, 5) is 12.0. The number of benzene rings is 1. The topological polar surface area (TPSA) is 37.3 Å². The second-order valence-corrected chi connectivity index (χ2v) is 5.47. The average molecular weight is 289 g/mol. The zero-order valence-electron chi connectivity index (χ0n) is 10.4. The molecule has 1 rings (SSSR count). The lowest BCUT2D eigenvalue weighted by Gasteiger charge is -2.13. The molecule has 1 aromatic rings. The molecule has 0 aromatic heterocycles. The number of ketones is 1. The molecule has 2 atom stereocenters. The molecule has 0 aliphatic carbocycles. The Hall–Kier alpha value is -0.730. The van der Waals surface area contributed by atoms with Crippen LogP contribution >= 0.6 is 23.2 Å². The van der Waals surface area contributed by atoms with E-state index in [-0.39, 0.29) is 22.5 Å². The molecule has 2 nitrogen and oxygen atoms in total. The van der Waals surface area contributed by atoms with Crippen molar-refractivity contribution in [1.82, 2.24) is 0 Å². The van der Waals surface area contributed by atoms with Crippen molar-refractivity contribution in [3.05, 3.63) is 29.8 Å². The molecule has 0 heterocycles. The molecule has 0 bridgehead atoms. The van der Waals surface area contributed by atoms with Crippen LogP contribution in [0.25, 0.3) is 0 Å². The summed E-state index contributed by atoms with van der Waals surface area (Å²) < 4.78 is 0. The average Bonchev–Trinajstić information content (AvgIpc) is 2.36. The van der Waals surface area contributed by atoms with E-state index >= 15 is 0 Å². The summed E-state index contributed by atoms with van der Waals surface area (Å²) in [5.41, 5.74) is 0.261. The van der Waals surface area contributed by atoms with Gasteiger partial charge in [0, 0.05) is 5.38 Å². The van der Waals surface area contributed by atoms with Gasteiger partial charge in [0.15, 0.2) is 5.78 Å². The number of para-hydroxylation sites is 1. The van der Waals surface area contributed by atoms with Gasteiger partial charge >= 0.3 is 0 Å². The third-order valence-corrected chi connectivity index (χ3v) is 3.56. The predicted octanol–water partition coefficient (Wildman–Crippen LogP) is 4.37. The quantitative estimate of drug-likeness (QED) is 0.598. The monoisotopic (exact) mass is 288 g/mol. The van der Waals surface area contributed by atoms with E-state index < -0.39 is 5.38 Å². The van der Waals surface area contributed by atoms with E-state index in [0.29, 0.717) is 6.42 Å². The summed E-state index contributed by atoms with van der Waals surface area (Å²) in [5, 5.41) is 8.82. The van der Waals surface area contributed by atoms with E-state index in [2.05, 4.69) is 6.92 Å². The third-order valence-electron chi connectivity index (χ3n) is 2.79. The minimum atomic E-state index is -0.683. The van der Waals surface area contributed by atoms with Gasteiger partial charge in [-0.1, -0.05) is 31.9 Å². The Morgan fingerprint density at radius 3 is 2.61 bits per heavy atom. The lowest BCUT2D eigenvalue weighted by molar-refractivity contribution is 0.0981. The number of alkyl halides is 2. The van der Waals surface area contributed by atoms with Gasteiger partial charge in [0.25, 0.3) is 0 Å². The molecule has 18 heavy (non-hydrogen) atoms. The van der Waals surface area contributed by atoms with Gasteiger partial charge in [0.05, 0.1) is 10.9 Å². The van der Waals surface area contributed by atoms with Crippen LogP contribution < -0.4 is 0 Å². The number of hydrogen-bond donors (Lipinski definition) is 1. The zero-order chi connectivity index (χ0) is 13.5. The molecular weight excluding hydrogens is 271 g/mol. The van der Waals surface area contributed by atoms with Gasteiger partial charge in [0.1, 0.15) is 5.75 Å². The molecule has 1 N–H and O–H groups in total. The molecule has 100 valence electrons. The van der Waals surface area contributed by atoms with Crippen LogP contribution in [0.3, 0.4) is 0 Å². The van der Waals surface area contributed by atoms with E-state index in [0.717, 1.165) is 19.3 Å². The Balaban J connectivity index is 2.59. The molecule has 0 aliphatic heterocycles. The fourth-order valence-corrected chi connectivity index (χ4v) is 2.48. The summed E-state index contributed by atoms with van der Waals surface area (Å²) in [6, 6.07) is 6.42. The largest absolute Gasteiger partial charge is 0.507 e. The van der Waals surface area contributed by atoms with Crippen molar-refractivity contribution in [3.63, 3.8) is 0 Å². The Morgan fingerprint density at radius 2 is 2.00 bits per heavy atom. The van der Waals surface area contributed by atoms with E-state index in [1.807, 2.05) is 0 Å². The number of aromatic hydroxyl groups is 1. The fraction of sp³-hybridized carbons (Fsp3) is 0.500. The standard InChI is InChI=1S/C14H18Cl2O2/c1-2-3-6-10(15)9-12(16)14(18)11-7-4-5-8-13(11)17/h4-5,7-8,10,12,17H,2-3,6,9H2,1H3. The van der Waals surface area contributed by atoms with Gasteiger partial charge in [-0.25, -0.2) is 0 Å². The molecule has 0 radical (unpaired) electrons. The number of halogens is 2. The molecule has 0 aliphatic rings. The van der Waals surface area contributed by atoms with Crippen molar-refractivity contribution in [1.29, 1.82) is 0 Å². The lowest BCUT2D eigenvalue weighted by Crippen LogP contribution is -2.19. The molecule has 0 spiro atoms. The first-order valence-corrected chi connectivity index (χ1v) is 7.03. The number of Topliss-reactive ketones (excluding diaryl/α,β-unsaturated/α-hetero) is 1. The maximum Gasteiger partial charge on any atom is 0.184 e. The van der Waals surface area contributed by atoms with Gasteiger partial charge in [0.2, 0.25) is 0 Å². The van der Waals surface area contributed by atoms with Crippen molar-refractivity contribution in [2.45, 2.75) is 43.4 Å². The summed E-state index contributed by atoms with van der Waals surface area (Å²) in [5.74, 6) is -0.301. The number of carbonyl (C=O) groups is 1. The minimum absolute atomic E-state index is 0.0344. The normalized spacial score (nSPS) is 14.2. The maximum absolute atomic E-state index is 12.0. The van der Waals surface area contributed by atoms with Gasteiger partial charge in [-0.05, 0) is 25.0 Å². The highest BCUT2D eigenvalue weighted by atomic mass is 35.5. The van der Waals surface area contributed by atoms with Crippen LogP contribution in [0, 0.1) is 0 Å². The molecule has 2 unspecified atom stereocenters. The Morgan fingerprint density at radius 1 is 1.33 bits per heavy atom. The molecule has 4 heteroatoms. The van der Waals surface area contributed by atoms with Gasteiger partial charge in [-0.15, -0.1) is 23.2 Å². The van der Waals surface area contributed by atoms with Crippen molar-refractivity contribution < 1.29 is 9.90 Å². The predicted molar refractivity (Wildman–Crippen MR) is 75.9 cm³/mol. The van der Waals surface area contributed by atoms with Crippen LogP contribution in [0.15, 0.2) is 24.3 Å². The maximum atomic E-state index is 12.0. The molecule has 0 fully saturated rings. The summed E-state index contributed by atoms with van der Waals surface area (Å²) >= 11 is 12.2. The molecule has 0 saturated carbocycles. The van der Waals surface area contributed by atoms with Crippen molar-refractivity contribution in [3.8, 4) is 5.75 Å². The highest BCUT2D eigenvalue weighted by Crippen LogP contribution is 2.24. The first kappa shape index (κ1) is 15.3. The number of hydrogen-bond acceptors (Lipinski definition) is 2. The molecule has 1 aromatic carbocycles. The SMILES string of the molecule is CCCCC(Cl)CC(Cl)C(=O)c1ccccc1O. The molecule has 0 saturated heterocycles. The summed E-state index contributed by atoms with van der Waals surface area (Å²) in [6.45, 7) is 2.09. The van der Waals surface area contributed by atoms with Crippen LogP contribution in [-0.4, -0.2) is 21.6 Å². The fourth-order valence-electron chi connectivity index (χ4n) is 1.73. The second-order valence-electron chi connectivity index (χ2n) is 4.32. The highest BCUT2D eigenvalue weighted by molar-refractivity contribution is 6.34. The second kappa shape index (κ2) is 7.65. The van der Waals surface area contributed by atoms with Crippen molar-refractivity contribution in [2.24, 2.45) is 0 Å². The van der Waals surface area contributed by atoms with E-state index in [1.54, 1.807) is 18.2 Å². The van der Waals surface area contributed by atoms with Crippen molar-refractivity contribution >= 4 is 29.0 Å². The van der Waals surface area contributed by atoms with Gasteiger partial charge in [-0.3, -0.25) is 4.79 Å². The summed E-state index contributed by atoms with van der Waals surface area (Å²) in [7, 11) is 0. The number of rotatable bonds is 7. The van der Waals surface area contributed by atoms with E-state index in [4.69, 9.17) is 23.2 Å². The number of phenols is 1. The minimum Gasteiger partial charge on any atom is -0.507 e. The lowest BCUT2D eigenvalue weighted by atomic mass is 10.0. The zero-order valence-corrected chi connectivity index (χ0v) is 11.9. The van der Waals surface area contributed by atoms with Gasteiger partial charge < -0.3 is 5.11 Å². The highest BCUT2D eigenvalue weighted by Gasteiger charge is 2.22. The Labute approximate surface area is 118 Å². The number of carbonyl (C=O) groups excluding carboxylic acids is 1. The van der Waals surface area contributed by atoms with Crippen LogP contribution in [-0.2, 0) is 0 Å². The van der Waals surface area contributed by atoms with Crippen LogP contribution in [0.1, 0.15) is 43.0 Å². The van der Waals surface area contributed by atoms with Crippen LogP contribution in [0.4, 0.5) is 0 Å². The number of unbranched alkanes of at least 4 members (excludes halogenated alkanes) is 1. The molecule has 0 amide bonds. The Kier molecular flexibility index (Phi) is 6.51. The third kappa shape index (κ3) is 4.51. The molecular formula is C14H18Cl2O2. The van der Waals surface area contributed by atoms with Crippen LogP contribution in [0.2, 0.25) is 0 Å². The Bertz CT molecular complexity index is 393. The first-order valence-electron chi connectivity index (χ1n) is 6.16. The smallest absolute Gasteiger partial charge is 0.184 e. The van der Waals surface area contributed by atoms with Crippen LogP contribution in [0.5, 0.6) is 5.75 Å².